The van der Waals surface area contributed by atoms with Gasteiger partial charge < -0.3 is 11.1 Å². The maximum absolute atomic E-state index is 13.0. The second-order valence-corrected chi connectivity index (χ2v) is 10.5. The average Bonchev–Trinajstić information content (AvgIpc) is 2.78. The summed E-state index contributed by atoms with van der Waals surface area (Å²) < 4.78 is 64.3. The van der Waals surface area contributed by atoms with Crippen molar-refractivity contribution in [2.24, 2.45) is 5.73 Å². The zero-order chi connectivity index (χ0) is 25.5. The highest BCUT2D eigenvalue weighted by atomic mass is 32.2. The van der Waals surface area contributed by atoms with Crippen molar-refractivity contribution in [3.63, 3.8) is 0 Å². The number of alkyl halides is 3. The first-order chi connectivity index (χ1) is 16.3. The van der Waals surface area contributed by atoms with Crippen LogP contribution in [0.1, 0.15) is 32.6 Å². The van der Waals surface area contributed by atoms with Crippen LogP contribution in [0.5, 0.6) is 0 Å². The molecule has 3 aromatic rings. The summed E-state index contributed by atoms with van der Waals surface area (Å²) in [6.45, 7) is 2.31. The number of fused-ring (bicyclic) bond motifs is 1. The van der Waals surface area contributed by atoms with Crippen LogP contribution in [-0.2, 0) is 29.2 Å². The van der Waals surface area contributed by atoms with Gasteiger partial charge in [0.1, 0.15) is 0 Å². The van der Waals surface area contributed by atoms with Gasteiger partial charge in [0.15, 0.2) is 0 Å². The summed E-state index contributed by atoms with van der Waals surface area (Å²) in [5, 5.41) is 3.30. The van der Waals surface area contributed by atoms with Crippen molar-refractivity contribution in [1.82, 2.24) is 4.31 Å². The fraction of sp³-hybridized carbons (Fsp3) is 0.240. The highest BCUT2D eigenvalue weighted by Crippen LogP contribution is 2.35. The van der Waals surface area contributed by atoms with Gasteiger partial charge in [0.05, 0.1) is 11.8 Å². The van der Waals surface area contributed by atoms with Gasteiger partial charge in [-0.3, -0.25) is 4.79 Å². The van der Waals surface area contributed by atoms with Crippen molar-refractivity contribution >= 4 is 27.3 Å². The smallest absolute Gasteiger partial charge is 0.366 e. The third-order valence-corrected chi connectivity index (χ3v) is 7.43. The fourth-order valence-electron chi connectivity index (χ4n) is 4.32. The molecule has 1 aliphatic rings. The van der Waals surface area contributed by atoms with E-state index in [4.69, 9.17) is 5.73 Å². The Morgan fingerprint density at radius 2 is 1.77 bits per heavy atom. The van der Waals surface area contributed by atoms with Gasteiger partial charge in [0.25, 0.3) is 0 Å². The lowest BCUT2D eigenvalue weighted by Gasteiger charge is -2.28. The van der Waals surface area contributed by atoms with Gasteiger partial charge in [0.2, 0.25) is 15.9 Å². The molecule has 35 heavy (non-hydrogen) atoms. The number of nitrogens with one attached hydrogen (secondary N) is 1. The molecule has 1 heterocycles. The van der Waals surface area contributed by atoms with Crippen molar-refractivity contribution in [1.29, 1.82) is 0 Å². The van der Waals surface area contributed by atoms with Crippen molar-refractivity contribution in [2.45, 2.75) is 26.1 Å². The highest BCUT2D eigenvalue weighted by molar-refractivity contribution is 7.88. The molecule has 6 nitrogen and oxygen atoms in total. The molecule has 0 aromatic heterocycles. The predicted molar refractivity (Wildman–Crippen MR) is 129 cm³/mol. The lowest BCUT2D eigenvalue weighted by molar-refractivity contribution is -0.137. The molecule has 0 atom stereocenters. The summed E-state index contributed by atoms with van der Waals surface area (Å²) >= 11 is 0. The van der Waals surface area contributed by atoms with Gasteiger partial charge in [-0.05, 0) is 71.5 Å². The number of benzene rings is 3. The Labute approximate surface area is 201 Å². The quantitative estimate of drug-likeness (QED) is 0.521. The Bertz CT molecular complexity index is 1400. The normalized spacial score (nSPS) is 14.4. The second kappa shape index (κ2) is 9.01. The molecule has 0 aliphatic carbocycles. The molecule has 3 aromatic carbocycles. The number of anilines is 2. The van der Waals surface area contributed by atoms with Gasteiger partial charge >= 0.3 is 6.18 Å². The Morgan fingerprint density at radius 1 is 1.09 bits per heavy atom. The van der Waals surface area contributed by atoms with Gasteiger partial charge in [0, 0.05) is 30.0 Å². The van der Waals surface area contributed by atoms with Crippen molar-refractivity contribution in [2.75, 3.05) is 18.1 Å². The third-order valence-electron chi connectivity index (χ3n) is 6.18. The molecular formula is C25H24F3N3O3S. The van der Waals surface area contributed by atoms with E-state index < -0.39 is 27.7 Å². The molecule has 184 valence electrons. The van der Waals surface area contributed by atoms with Crippen LogP contribution in [0.25, 0.3) is 11.1 Å². The first-order valence-electron chi connectivity index (χ1n) is 10.8. The zero-order valence-electron chi connectivity index (χ0n) is 19.1. The molecule has 1 aliphatic heterocycles. The summed E-state index contributed by atoms with van der Waals surface area (Å²) in [6, 6.07) is 13.6. The van der Waals surface area contributed by atoms with Crippen LogP contribution in [0.4, 0.5) is 24.5 Å². The van der Waals surface area contributed by atoms with Crippen LogP contribution in [0.2, 0.25) is 0 Å². The number of carbonyl (C=O) groups excluding carboxylic acids is 1. The Kier molecular flexibility index (Phi) is 6.37. The molecule has 1 amide bonds. The first kappa shape index (κ1) is 24.7. The van der Waals surface area contributed by atoms with E-state index in [0.717, 1.165) is 28.9 Å². The number of nitrogens with two attached hydrogens (primary N) is 1. The van der Waals surface area contributed by atoms with Crippen molar-refractivity contribution in [3.8, 4) is 11.1 Å². The summed E-state index contributed by atoms with van der Waals surface area (Å²) in [4.78, 5) is 12.1. The molecule has 3 N–H and O–H groups in total. The molecule has 10 heteroatoms. The van der Waals surface area contributed by atoms with Gasteiger partial charge in [-0.15, -0.1) is 0 Å². The molecule has 4 rings (SSSR count). The van der Waals surface area contributed by atoms with Crippen molar-refractivity contribution in [3.05, 3.63) is 82.4 Å². The van der Waals surface area contributed by atoms with Crippen LogP contribution in [0, 0.1) is 6.92 Å². The molecule has 0 fully saturated rings. The van der Waals surface area contributed by atoms with E-state index in [2.05, 4.69) is 5.32 Å². The second-order valence-electron chi connectivity index (χ2n) is 8.55. The van der Waals surface area contributed by atoms with E-state index in [1.165, 1.54) is 22.7 Å². The van der Waals surface area contributed by atoms with Gasteiger partial charge in [-0.2, -0.15) is 17.5 Å². The van der Waals surface area contributed by atoms with E-state index >= 15 is 0 Å². The van der Waals surface area contributed by atoms with Crippen LogP contribution >= 0.6 is 0 Å². The Balaban J connectivity index is 1.73. The first-order valence-corrected chi connectivity index (χ1v) is 12.6. The van der Waals surface area contributed by atoms with Gasteiger partial charge in [-0.25, -0.2) is 8.42 Å². The molecule has 0 saturated carbocycles. The standard InChI is InChI=1S/C25H24F3N3O3S/c1-15-21(16-6-8-18(9-7-16)25(26,27)28)12-19(13-22(15)24(29)32)30-23-5-3-4-17-14-31(35(2,33)34)11-10-20(17)23/h3-9,12-13,30H,10-11,14H2,1-2H3,(H2,29,32). The largest absolute Gasteiger partial charge is 0.416 e. The number of halogens is 3. The molecule has 0 bridgehead atoms. The minimum atomic E-state index is -4.45. The number of nitrogens with zero attached hydrogens (tertiary/aromatic N) is 1. The van der Waals surface area contributed by atoms with Crippen LogP contribution < -0.4 is 11.1 Å². The molecule has 0 spiro atoms. The van der Waals surface area contributed by atoms with E-state index in [1.54, 1.807) is 19.1 Å². The SMILES string of the molecule is Cc1c(C(N)=O)cc(Nc2cccc3c2CCN(S(C)(=O)=O)C3)cc1-c1ccc(C(F)(F)F)cc1. The van der Waals surface area contributed by atoms with Crippen molar-refractivity contribution < 1.29 is 26.4 Å². The lowest BCUT2D eigenvalue weighted by atomic mass is 9.94. The molecule has 0 radical (unpaired) electrons. The highest BCUT2D eigenvalue weighted by Gasteiger charge is 2.30. The number of rotatable bonds is 5. The Morgan fingerprint density at radius 3 is 2.37 bits per heavy atom. The molecule has 0 saturated heterocycles. The maximum atomic E-state index is 13.0. The summed E-state index contributed by atoms with van der Waals surface area (Å²) in [6.07, 6.45) is -2.76. The fourth-order valence-corrected chi connectivity index (χ4v) is 5.12. The zero-order valence-corrected chi connectivity index (χ0v) is 19.9. The van der Waals surface area contributed by atoms with Crippen LogP contribution in [-0.4, -0.2) is 31.4 Å². The molecule has 0 unspecified atom stereocenters. The maximum Gasteiger partial charge on any atom is 0.416 e. The number of primary amides is 1. The topological polar surface area (TPSA) is 92.5 Å². The van der Waals surface area contributed by atoms with Gasteiger partial charge in [-0.1, -0.05) is 24.3 Å². The summed E-state index contributed by atoms with van der Waals surface area (Å²) in [5.74, 6) is -0.654. The predicted octanol–water partition coefficient (Wildman–Crippen LogP) is 4.84. The van der Waals surface area contributed by atoms with Crippen LogP contribution in [0.3, 0.4) is 0 Å². The van der Waals surface area contributed by atoms with E-state index in [9.17, 15) is 26.4 Å². The monoisotopic (exact) mass is 503 g/mol. The minimum Gasteiger partial charge on any atom is -0.366 e. The number of amides is 1. The summed E-state index contributed by atoms with van der Waals surface area (Å²) in [5.41, 5.74) is 9.86. The van der Waals surface area contributed by atoms with Crippen LogP contribution in [0.15, 0.2) is 54.6 Å². The number of hydrogen-bond acceptors (Lipinski definition) is 4. The summed E-state index contributed by atoms with van der Waals surface area (Å²) in [7, 11) is -3.32. The van der Waals surface area contributed by atoms with E-state index in [0.29, 0.717) is 35.3 Å². The lowest BCUT2D eigenvalue weighted by Crippen LogP contribution is -2.35. The van der Waals surface area contributed by atoms with E-state index in [1.807, 2.05) is 18.2 Å². The number of sulfonamides is 1. The minimum absolute atomic E-state index is 0.248. The average molecular weight is 504 g/mol. The Hall–Kier alpha value is -3.37. The molecular weight excluding hydrogens is 479 g/mol. The number of carbonyl (C=O) groups is 1. The number of hydrogen-bond donors (Lipinski definition) is 2. The van der Waals surface area contributed by atoms with E-state index in [-0.39, 0.29) is 12.1 Å². The third kappa shape index (κ3) is 5.18.